The standard InChI is InChI=1S/C38H37ClIN3O11/c1-2-52-34-21-33-27(19-29(34)40)31(44)20-32(54-33)25-5-3-22(17-28(25)39)41-9-10-49-11-12-50-13-14-51-15-16-53-23-4-6-24-26(18-23)38(48)43(37(24)47)30-7-8-35(45)42-36(30)46/h3-6,17-21,30,41H,2,7-16H2,1H3,(H,42,45,46). The number of carbonyl (C=O) groups excluding carboxylic acids is 4. The van der Waals surface area contributed by atoms with Crippen molar-refractivity contribution in [2.45, 2.75) is 25.8 Å². The van der Waals surface area contributed by atoms with Gasteiger partial charge in [0, 0.05) is 36.3 Å². The average Bonchev–Trinajstić information content (AvgIpc) is 3.39. The predicted molar refractivity (Wildman–Crippen MR) is 206 cm³/mol. The Hall–Kier alpha value is -4.55. The van der Waals surface area contributed by atoms with Gasteiger partial charge in [-0.05, 0) is 78.4 Å². The molecule has 0 spiro atoms. The minimum atomic E-state index is -1.02. The number of hydrogen-bond donors (Lipinski definition) is 2. The summed E-state index contributed by atoms with van der Waals surface area (Å²) in [7, 11) is 0. The molecule has 284 valence electrons. The highest BCUT2D eigenvalue weighted by atomic mass is 127. The van der Waals surface area contributed by atoms with Crippen LogP contribution in [0.1, 0.15) is 40.5 Å². The molecule has 2 N–H and O–H groups in total. The predicted octanol–water partition coefficient (Wildman–Crippen LogP) is 5.06. The number of nitrogens with one attached hydrogen (secondary N) is 2. The number of halogens is 2. The zero-order valence-electron chi connectivity index (χ0n) is 29.2. The normalized spacial score (nSPS) is 15.5. The number of anilines is 1. The number of rotatable bonds is 18. The van der Waals surface area contributed by atoms with Crippen LogP contribution in [0.3, 0.4) is 0 Å². The number of carbonyl (C=O) groups is 4. The summed E-state index contributed by atoms with van der Waals surface area (Å²) in [6.45, 7) is 5.34. The first-order chi connectivity index (χ1) is 26.1. The summed E-state index contributed by atoms with van der Waals surface area (Å²) < 4.78 is 35.0. The van der Waals surface area contributed by atoms with Crippen molar-refractivity contribution in [3.8, 4) is 22.8 Å². The van der Waals surface area contributed by atoms with E-state index in [2.05, 4.69) is 33.2 Å². The number of imide groups is 2. The molecule has 4 aromatic rings. The zero-order chi connectivity index (χ0) is 38.2. The SMILES string of the molecule is CCOc1cc2oc(-c3ccc(NCCOCCOCCOCCOc4ccc5c(c4)C(=O)N(C4CCC(=O)NC4=O)C5=O)cc3Cl)cc(=O)c2cc1I. The van der Waals surface area contributed by atoms with Gasteiger partial charge in [-0.2, -0.15) is 0 Å². The highest BCUT2D eigenvalue weighted by Crippen LogP contribution is 2.34. The molecule has 54 heavy (non-hydrogen) atoms. The van der Waals surface area contributed by atoms with E-state index in [-0.39, 0.29) is 42.6 Å². The van der Waals surface area contributed by atoms with Crippen molar-refractivity contribution in [2.24, 2.45) is 0 Å². The molecular weight excluding hydrogens is 837 g/mol. The second kappa shape index (κ2) is 18.2. The summed E-state index contributed by atoms with van der Waals surface area (Å²) in [4.78, 5) is 63.2. The van der Waals surface area contributed by atoms with Crippen LogP contribution in [0.4, 0.5) is 5.69 Å². The molecule has 2 aliphatic heterocycles. The Kier molecular flexibility index (Phi) is 13.2. The van der Waals surface area contributed by atoms with Gasteiger partial charge in [0.05, 0.1) is 71.4 Å². The maximum absolute atomic E-state index is 13.0. The van der Waals surface area contributed by atoms with Gasteiger partial charge in [0.2, 0.25) is 11.8 Å². The molecule has 16 heteroatoms. The van der Waals surface area contributed by atoms with Gasteiger partial charge in [0.1, 0.15) is 35.5 Å². The lowest BCUT2D eigenvalue weighted by Crippen LogP contribution is -2.54. The Balaban J connectivity index is 0.833. The van der Waals surface area contributed by atoms with Gasteiger partial charge in [-0.1, -0.05) is 11.6 Å². The third-order valence-electron chi connectivity index (χ3n) is 8.54. The number of benzene rings is 3. The second-order valence-corrected chi connectivity index (χ2v) is 13.7. The van der Waals surface area contributed by atoms with Gasteiger partial charge in [-0.3, -0.25) is 34.2 Å². The zero-order valence-corrected chi connectivity index (χ0v) is 32.2. The van der Waals surface area contributed by atoms with Crippen molar-refractivity contribution in [1.29, 1.82) is 0 Å². The minimum absolute atomic E-state index is 0.0548. The highest BCUT2D eigenvalue weighted by molar-refractivity contribution is 14.1. The molecule has 1 fully saturated rings. The smallest absolute Gasteiger partial charge is 0.262 e. The van der Waals surface area contributed by atoms with E-state index in [0.29, 0.717) is 85.0 Å². The van der Waals surface area contributed by atoms with Crippen molar-refractivity contribution in [1.82, 2.24) is 10.2 Å². The van der Waals surface area contributed by atoms with Gasteiger partial charge in [-0.15, -0.1) is 0 Å². The van der Waals surface area contributed by atoms with Crippen LogP contribution in [0.15, 0.2) is 63.8 Å². The monoisotopic (exact) mass is 873 g/mol. The van der Waals surface area contributed by atoms with E-state index < -0.39 is 29.7 Å². The van der Waals surface area contributed by atoms with Crippen LogP contribution in [-0.2, 0) is 23.8 Å². The van der Waals surface area contributed by atoms with Crippen LogP contribution in [0, 0.1) is 3.57 Å². The summed E-state index contributed by atoms with van der Waals surface area (Å²) in [5.74, 6) is -0.850. The number of hydrogen-bond acceptors (Lipinski definition) is 12. The summed E-state index contributed by atoms with van der Waals surface area (Å²) in [6.07, 6.45) is 0.146. The van der Waals surface area contributed by atoms with Crippen LogP contribution in [0.2, 0.25) is 5.02 Å². The van der Waals surface area contributed by atoms with Crippen LogP contribution in [0.5, 0.6) is 11.5 Å². The Morgan fingerprint density at radius 1 is 0.833 bits per heavy atom. The molecule has 3 aromatic carbocycles. The van der Waals surface area contributed by atoms with E-state index in [9.17, 15) is 24.0 Å². The first kappa shape index (κ1) is 39.2. The van der Waals surface area contributed by atoms with Crippen molar-refractivity contribution >= 4 is 74.5 Å². The fraction of sp³-hybridized carbons (Fsp3) is 0.342. The van der Waals surface area contributed by atoms with Gasteiger partial charge in [0.15, 0.2) is 5.43 Å². The lowest BCUT2D eigenvalue weighted by atomic mass is 10.0. The number of fused-ring (bicyclic) bond motifs is 2. The topological polar surface area (TPSA) is 172 Å². The summed E-state index contributed by atoms with van der Waals surface area (Å²) >= 11 is 8.72. The molecule has 0 radical (unpaired) electrons. The number of nitrogens with zero attached hydrogens (tertiary/aromatic N) is 1. The van der Waals surface area contributed by atoms with Crippen LogP contribution < -0.4 is 25.5 Å². The molecule has 1 atom stereocenters. The van der Waals surface area contributed by atoms with Crippen molar-refractivity contribution in [2.75, 3.05) is 64.7 Å². The lowest BCUT2D eigenvalue weighted by Gasteiger charge is -2.27. The van der Waals surface area contributed by atoms with Crippen LogP contribution in [-0.4, -0.2) is 94.0 Å². The van der Waals surface area contributed by atoms with Gasteiger partial charge in [-0.25, -0.2) is 0 Å². The van der Waals surface area contributed by atoms with Gasteiger partial charge in [0.25, 0.3) is 11.8 Å². The molecule has 0 saturated carbocycles. The number of ether oxygens (including phenoxy) is 5. The molecule has 1 unspecified atom stereocenters. The average molecular weight is 874 g/mol. The molecule has 2 aliphatic rings. The Morgan fingerprint density at radius 2 is 1.54 bits per heavy atom. The second-order valence-electron chi connectivity index (χ2n) is 12.1. The highest BCUT2D eigenvalue weighted by Gasteiger charge is 2.44. The Morgan fingerprint density at radius 3 is 2.26 bits per heavy atom. The maximum Gasteiger partial charge on any atom is 0.262 e. The van der Waals surface area contributed by atoms with Crippen molar-refractivity contribution in [3.63, 3.8) is 0 Å². The van der Waals surface area contributed by atoms with Gasteiger partial charge < -0.3 is 33.4 Å². The first-order valence-electron chi connectivity index (χ1n) is 17.3. The van der Waals surface area contributed by atoms with E-state index in [0.717, 1.165) is 14.2 Å². The molecular formula is C38H37ClIN3O11. The quantitative estimate of drug-likeness (QED) is 0.0775. The fourth-order valence-electron chi connectivity index (χ4n) is 5.95. The van der Waals surface area contributed by atoms with Gasteiger partial charge >= 0.3 is 0 Å². The summed E-state index contributed by atoms with van der Waals surface area (Å²) in [6, 6.07) is 13.9. The number of piperidine rings is 1. The Labute approximate surface area is 328 Å². The molecule has 6 rings (SSSR count). The van der Waals surface area contributed by atoms with E-state index in [1.54, 1.807) is 30.3 Å². The molecule has 1 aromatic heterocycles. The summed E-state index contributed by atoms with van der Waals surface area (Å²) in [5.41, 5.74) is 1.98. The minimum Gasteiger partial charge on any atom is -0.493 e. The number of amides is 4. The van der Waals surface area contributed by atoms with Crippen LogP contribution >= 0.6 is 34.2 Å². The molecule has 1 saturated heterocycles. The third-order valence-corrected chi connectivity index (χ3v) is 9.70. The van der Waals surface area contributed by atoms with E-state index in [1.807, 2.05) is 13.0 Å². The largest absolute Gasteiger partial charge is 0.493 e. The molecule has 0 bridgehead atoms. The molecule has 4 amide bonds. The lowest BCUT2D eigenvalue weighted by molar-refractivity contribution is -0.136. The Bertz CT molecular complexity index is 2120. The van der Waals surface area contributed by atoms with E-state index >= 15 is 0 Å². The maximum atomic E-state index is 13.0. The molecule has 3 heterocycles. The third kappa shape index (κ3) is 9.21. The van der Waals surface area contributed by atoms with E-state index in [1.165, 1.54) is 18.2 Å². The van der Waals surface area contributed by atoms with Crippen molar-refractivity contribution in [3.05, 3.63) is 84.5 Å². The fourth-order valence-corrected chi connectivity index (χ4v) is 6.84. The van der Waals surface area contributed by atoms with Crippen LogP contribution in [0.25, 0.3) is 22.3 Å². The first-order valence-corrected chi connectivity index (χ1v) is 18.8. The van der Waals surface area contributed by atoms with E-state index in [4.69, 9.17) is 39.7 Å². The summed E-state index contributed by atoms with van der Waals surface area (Å²) in [5, 5.41) is 6.34. The molecule has 0 aliphatic carbocycles. The van der Waals surface area contributed by atoms with Crippen molar-refractivity contribution < 1.29 is 47.3 Å². The molecule has 14 nitrogen and oxygen atoms in total.